The number of hydrogen-bond acceptors (Lipinski definition) is 3. The predicted octanol–water partition coefficient (Wildman–Crippen LogP) is 5.02. The molecule has 32 heavy (non-hydrogen) atoms. The van der Waals surface area contributed by atoms with Gasteiger partial charge in [-0.05, 0) is 74.0 Å². The van der Waals surface area contributed by atoms with Crippen LogP contribution in [0.4, 0.5) is 13.2 Å². The van der Waals surface area contributed by atoms with Gasteiger partial charge in [0.15, 0.2) is 0 Å². The first-order valence-corrected chi connectivity index (χ1v) is 11.1. The third-order valence-electron chi connectivity index (χ3n) is 6.79. The molecule has 1 amide bonds. The number of ether oxygens (including phenoxy) is 1. The van der Waals surface area contributed by atoms with Crippen LogP contribution in [0.2, 0.25) is 0 Å². The number of rotatable bonds is 6. The normalized spacial score (nSPS) is 25.9. The van der Waals surface area contributed by atoms with Crippen molar-refractivity contribution in [2.45, 2.75) is 37.4 Å². The Kier molecular flexibility index (Phi) is 6.47. The van der Waals surface area contributed by atoms with E-state index in [2.05, 4.69) is 10.2 Å². The third-order valence-corrected chi connectivity index (χ3v) is 6.79. The number of carbonyl (C=O) groups is 1. The van der Waals surface area contributed by atoms with Crippen LogP contribution in [0, 0.1) is 11.8 Å². The fraction of sp³-hybridized carbons (Fsp3) is 0.480. The lowest BCUT2D eigenvalue weighted by Crippen LogP contribution is -2.42. The second-order valence-electron chi connectivity index (χ2n) is 8.88. The van der Waals surface area contributed by atoms with E-state index in [4.69, 9.17) is 4.74 Å². The first-order valence-electron chi connectivity index (χ1n) is 11.1. The number of alkyl halides is 3. The zero-order chi connectivity index (χ0) is 22.9. The van der Waals surface area contributed by atoms with E-state index < -0.39 is 11.7 Å². The standard InChI is InChI=1S/C25H29F3N2O2/c1-30-13-5-6-17(23(30)16-9-11-18(12-10-16)25(26,27)28)15-29-24(31)21-14-20(21)19-7-3-4-8-22(19)32-2/h3-4,7-12,17,20-21,23H,5-6,13-15H2,1-2H3,(H,29,31). The number of piperidine rings is 1. The molecule has 4 nitrogen and oxygen atoms in total. The van der Waals surface area contributed by atoms with Gasteiger partial charge in [-0.25, -0.2) is 0 Å². The van der Waals surface area contributed by atoms with E-state index >= 15 is 0 Å². The van der Waals surface area contributed by atoms with E-state index in [0.717, 1.165) is 54.8 Å². The zero-order valence-electron chi connectivity index (χ0n) is 18.4. The van der Waals surface area contributed by atoms with Crippen LogP contribution in [0.25, 0.3) is 0 Å². The van der Waals surface area contributed by atoms with Crippen molar-refractivity contribution in [1.29, 1.82) is 0 Å². The molecule has 1 aliphatic carbocycles. The molecule has 2 aromatic rings. The highest BCUT2D eigenvalue weighted by Gasteiger charge is 2.45. The van der Waals surface area contributed by atoms with Gasteiger partial charge >= 0.3 is 6.18 Å². The Morgan fingerprint density at radius 2 is 1.88 bits per heavy atom. The highest BCUT2D eigenvalue weighted by Crippen LogP contribution is 2.50. The Bertz CT molecular complexity index is 945. The molecule has 0 aromatic heterocycles. The van der Waals surface area contributed by atoms with Gasteiger partial charge in [-0.2, -0.15) is 13.2 Å². The number of hydrogen-bond donors (Lipinski definition) is 1. The SMILES string of the molecule is COc1ccccc1C1CC1C(=O)NCC1CCCN(C)C1c1ccc(C(F)(F)F)cc1. The van der Waals surface area contributed by atoms with Gasteiger partial charge in [0.25, 0.3) is 0 Å². The molecule has 0 radical (unpaired) electrons. The molecule has 1 saturated carbocycles. The molecule has 0 spiro atoms. The molecule has 1 aliphatic heterocycles. The molecule has 4 rings (SSSR count). The molecule has 2 aromatic carbocycles. The van der Waals surface area contributed by atoms with E-state index in [9.17, 15) is 18.0 Å². The summed E-state index contributed by atoms with van der Waals surface area (Å²) in [4.78, 5) is 15.0. The maximum Gasteiger partial charge on any atom is 0.416 e. The van der Waals surface area contributed by atoms with Crippen molar-refractivity contribution >= 4 is 5.91 Å². The van der Waals surface area contributed by atoms with Crippen LogP contribution < -0.4 is 10.1 Å². The molecule has 2 aliphatic rings. The Morgan fingerprint density at radius 3 is 2.56 bits per heavy atom. The van der Waals surface area contributed by atoms with Crippen LogP contribution in [0.5, 0.6) is 5.75 Å². The van der Waals surface area contributed by atoms with Crippen LogP contribution in [-0.2, 0) is 11.0 Å². The molecule has 2 fully saturated rings. The summed E-state index contributed by atoms with van der Waals surface area (Å²) >= 11 is 0. The summed E-state index contributed by atoms with van der Waals surface area (Å²) in [5.74, 6) is 1.12. The fourth-order valence-corrected chi connectivity index (χ4v) is 5.03. The van der Waals surface area contributed by atoms with Crippen molar-refractivity contribution in [2.75, 3.05) is 27.2 Å². The summed E-state index contributed by atoms with van der Waals surface area (Å²) in [7, 11) is 3.63. The molecule has 4 unspecified atom stereocenters. The van der Waals surface area contributed by atoms with Crippen LogP contribution in [0.1, 0.15) is 47.9 Å². The maximum absolute atomic E-state index is 12.9. The van der Waals surface area contributed by atoms with Crippen molar-refractivity contribution < 1.29 is 22.7 Å². The summed E-state index contributed by atoms with van der Waals surface area (Å²) in [5.41, 5.74) is 1.29. The van der Waals surface area contributed by atoms with Crippen molar-refractivity contribution in [2.24, 2.45) is 11.8 Å². The van der Waals surface area contributed by atoms with Gasteiger partial charge in [0.05, 0.1) is 12.7 Å². The quantitative estimate of drug-likeness (QED) is 0.678. The molecule has 1 N–H and O–H groups in total. The van der Waals surface area contributed by atoms with Crippen LogP contribution in [0.15, 0.2) is 48.5 Å². The minimum Gasteiger partial charge on any atom is -0.496 e. The summed E-state index contributed by atoms with van der Waals surface area (Å²) in [6.07, 6.45) is -1.61. The molecular weight excluding hydrogens is 417 g/mol. The number of para-hydroxylation sites is 1. The number of nitrogens with one attached hydrogen (secondary N) is 1. The van der Waals surface area contributed by atoms with Crippen LogP contribution >= 0.6 is 0 Å². The number of nitrogens with zero attached hydrogens (tertiary/aromatic N) is 1. The van der Waals surface area contributed by atoms with Gasteiger partial charge in [-0.15, -0.1) is 0 Å². The smallest absolute Gasteiger partial charge is 0.416 e. The molecular formula is C25H29F3N2O2. The van der Waals surface area contributed by atoms with Crippen molar-refractivity contribution in [1.82, 2.24) is 10.2 Å². The number of amides is 1. The highest BCUT2D eigenvalue weighted by molar-refractivity contribution is 5.83. The maximum atomic E-state index is 12.9. The van der Waals surface area contributed by atoms with E-state index in [-0.39, 0.29) is 29.7 Å². The van der Waals surface area contributed by atoms with Crippen molar-refractivity contribution in [3.8, 4) is 5.75 Å². The average molecular weight is 447 g/mol. The number of methoxy groups -OCH3 is 1. The highest BCUT2D eigenvalue weighted by atomic mass is 19.4. The Balaban J connectivity index is 1.40. The van der Waals surface area contributed by atoms with Crippen LogP contribution in [-0.4, -0.2) is 38.1 Å². The molecule has 1 saturated heterocycles. The lowest BCUT2D eigenvalue weighted by molar-refractivity contribution is -0.137. The molecule has 4 atom stereocenters. The number of likely N-dealkylation sites (tertiary alicyclic amines) is 1. The number of benzene rings is 2. The van der Waals surface area contributed by atoms with Gasteiger partial charge in [0.1, 0.15) is 5.75 Å². The lowest BCUT2D eigenvalue weighted by atomic mass is 9.84. The summed E-state index contributed by atoms with van der Waals surface area (Å²) in [6.45, 7) is 1.40. The van der Waals surface area contributed by atoms with Gasteiger partial charge < -0.3 is 10.1 Å². The minimum absolute atomic E-state index is 0.0180. The second kappa shape index (κ2) is 9.14. The van der Waals surface area contributed by atoms with Gasteiger partial charge in [0.2, 0.25) is 5.91 Å². The second-order valence-corrected chi connectivity index (χ2v) is 8.88. The van der Waals surface area contributed by atoms with Gasteiger partial charge in [-0.1, -0.05) is 30.3 Å². The number of carbonyl (C=O) groups excluding carboxylic acids is 1. The van der Waals surface area contributed by atoms with E-state index in [1.165, 1.54) is 0 Å². The lowest BCUT2D eigenvalue weighted by Gasteiger charge is -2.39. The summed E-state index contributed by atoms with van der Waals surface area (Å²) in [6, 6.07) is 13.2. The van der Waals surface area contributed by atoms with E-state index in [0.29, 0.717) is 6.54 Å². The first kappa shape index (κ1) is 22.6. The van der Waals surface area contributed by atoms with E-state index in [1.807, 2.05) is 31.3 Å². The average Bonchev–Trinajstić information content (AvgIpc) is 3.58. The Labute approximate surface area is 186 Å². The van der Waals surface area contributed by atoms with Gasteiger partial charge in [-0.3, -0.25) is 9.69 Å². The summed E-state index contributed by atoms with van der Waals surface area (Å²) in [5, 5.41) is 3.12. The molecule has 1 heterocycles. The summed E-state index contributed by atoms with van der Waals surface area (Å²) < 4.78 is 44.3. The third kappa shape index (κ3) is 4.77. The van der Waals surface area contributed by atoms with E-state index in [1.54, 1.807) is 19.2 Å². The predicted molar refractivity (Wildman–Crippen MR) is 116 cm³/mol. The monoisotopic (exact) mass is 446 g/mol. The first-order chi connectivity index (χ1) is 15.3. The molecule has 0 bridgehead atoms. The fourth-order valence-electron chi connectivity index (χ4n) is 5.03. The minimum atomic E-state index is -4.34. The van der Waals surface area contributed by atoms with Gasteiger partial charge in [0, 0.05) is 18.5 Å². The van der Waals surface area contributed by atoms with Crippen molar-refractivity contribution in [3.63, 3.8) is 0 Å². The largest absolute Gasteiger partial charge is 0.496 e. The Hall–Kier alpha value is -2.54. The zero-order valence-corrected chi connectivity index (χ0v) is 18.4. The molecule has 7 heteroatoms. The van der Waals surface area contributed by atoms with Crippen LogP contribution in [0.3, 0.4) is 0 Å². The Morgan fingerprint density at radius 1 is 1.16 bits per heavy atom. The number of halogens is 3. The topological polar surface area (TPSA) is 41.6 Å². The molecule has 172 valence electrons. The van der Waals surface area contributed by atoms with Crippen molar-refractivity contribution in [3.05, 3.63) is 65.2 Å².